The first kappa shape index (κ1) is 15.4. The molecule has 0 bridgehead atoms. The molecule has 0 amide bonds. The molecule has 19 heavy (non-hydrogen) atoms. The van der Waals surface area contributed by atoms with Crippen molar-refractivity contribution in [3.8, 4) is 0 Å². The zero-order valence-corrected chi connectivity index (χ0v) is 13.6. The van der Waals surface area contributed by atoms with Crippen LogP contribution in [0.3, 0.4) is 0 Å². The topological polar surface area (TPSA) is 3.24 Å². The molecule has 2 fully saturated rings. The number of hydrogen-bond donors (Lipinski definition) is 0. The maximum absolute atomic E-state index is 3.51. The van der Waals surface area contributed by atoms with E-state index in [1.807, 2.05) is 0 Å². The fourth-order valence-corrected chi connectivity index (χ4v) is 5.65. The molecular weight excluding hydrogens is 230 g/mol. The van der Waals surface area contributed by atoms with E-state index in [4.69, 9.17) is 0 Å². The van der Waals surface area contributed by atoms with Crippen LogP contribution in [0.15, 0.2) is 0 Å². The van der Waals surface area contributed by atoms with Gasteiger partial charge >= 0.3 is 0 Å². The van der Waals surface area contributed by atoms with Crippen LogP contribution < -0.4 is 0 Å². The van der Waals surface area contributed by atoms with Crippen LogP contribution in [0.1, 0.15) is 79.1 Å². The van der Waals surface area contributed by atoms with Crippen molar-refractivity contribution in [1.29, 1.82) is 0 Å². The van der Waals surface area contributed by atoms with Crippen molar-refractivity contribution in [1.82, 2.24) is 4.90 Å². The van der Waals surface area contributed by atoms with Gasteiger partial charge in [-0.2, -0.15) is 0 Å². The highest BCUT2D eigenvalue weighted by atomic mass is 15.1. The second kappa shape index (κ2) is 6.16. The summed E-state index contributed by atoms with van der Waals surface area (Å²) in [5.41, 5.74) is 1.29. The van der Waals surface area contributed by atoms with Crippen LogP contribution in [0.5, 0.6) is 0 Å². The Labute approximate surface area is 121 Å². The molecule has 1 saturated carbocycles. The summed E-state index contributed by atoms with van der Waals surface area (Å²) in [5, 5.41) is 0. The minimum Gasteiger partial charge on any atom is -0.294 e. The maximum Gasteiger partial charge on any atom is 0.0612 e. The maximum atomic E-state index is 3.51. The van der Waals surface area contributed by atoms with Crippen molar-refractivity contribution in [3.05, 3.63) is 6.54 Å². The van der Waals surface area contributed by atoms with Crippen LogP contribution in [-0.2, 0) is 0 Å². The van der Waals surface area contributed by atoms with Crippen LogP contribution in [-0.4, -0.2) is 18.0 Å². The molecule has 1 heteroatoms. The first-order valence-electron chi connectivity index (χ1n) is 8.66. The molecule has 1 aliphatic carbocycles. The number of piperidine rings is 1. The summed E-state index contributed by atoms with van der Waals surface area (Å²) in [7, 11) is 0. The summed E-state index contributed by atoms with van der Waals surface area (Å²) in [6, 6.07) is 0. The smallest absolute Gasteiger partial charge is 0.0612 e. The third kappa shape index (κ3) is 2.37. The van der Waals surface area contributed by atoms with Gasteiger partial charge in [-0.05, 0) is 74.8 Å². The number of rotatable bonds is 5. The average Bonchev–Trinajstić information content (AvgIpc) is 2.75. The van der Waals surface area contributed by atoms with Crippen molar-refractivity contribution in [2.45, 2.75) is 79.1 Å². The predicted octanol–water partition coefficient (Wildman–Crippen LogP) is 5.14. The molecule has 0 aromatic carbocycles. The van der Waals surface area contributed by atoms with Gasteiger partial charge in [-0.25, -0.2) is 0 Å². The molecule has 0 aromatic heterocycles. The molecule has 2 rings (SSSR count). The third-order valence-corrected chi connectivity index (χ3v) is 6.67. The van der Waals surface area contributed by atoms with Crippen LogP contribution in [0.25, 0.3) is 0 Å². The molecule has 1 aliphatic heterocycles. The number of nitrogens with zero attached hydrogens (tertiary/aromatic N) is 1. The Balaban J connectivity index is 2.14. The van der Waals surface area contributed by atoms with E-state index in [9.17, 15) is 0 Å². The van der Waals surface area contributed by atoms with E-state index < -0.39 is 0 Å². The molecule has 0 N–H and O–H groups in total. The molecule has 1 heterocycles. The Bertz CT molecular complexity index is 271. The third-order valence-electron chi connectivity index (χ3n) is 6.67. The lowest BCUT2D eigenvalue weighted by atomic mass is 9.55. The molecular formula is C18H33N. The molecule has 1 saturated heterocycles. The summed E-state index contributed by atoms with van der Waals surface area (Å²) in [6.07, 6.45) is 11.0. The van der Waals surface area contributed by atoms with E-state index in [0.29, 0.717) is 10.8 Å². The second-order valence-corrected chi connectivity index (χ2v) is 6.79. The normalized spacial score (nSPS) is 30.0. The highest BCUT2D eigenvalue weighted by molar-refractivity contribution is 5.07. The average molecular weight is 263 g/mol. The second-order valence-electron chi connectivity index (χ2n) is 6.79. The summed E-state index contributed by atoms with van der Waals surface area (Å²) >= 11 is 0. The molecule has 2 radical (unpaired) electrons. The standard InChI is InChI=1S/C18H33N/c1-5-13-19-14-11-17(12-15-19)10-9-16(6-2)18(17,7-3)8-4/h16H,5-12,14-15H2,1-4H3. The first-order valence-corrected chi connectivity index (χ1v) is 8.66. The first-order chi connectivity index (χ1) is 9.18. The number of likely N-dealkylation sites (tertiary alicyclic amines) is 1. The summed E-state index contributed by atoms with van der Waals surface area (Å²) < 4.78 is 0. The zero-order valence-electron chi connectivity index (χ0n) is 13.6. The highest BCUT2D eigenvalue weighted by Gasteiger charge is 2.57. The lowest BCUT2D eigenvalue weighted by Gasteiger charge is -2.52. The van der Waals surface area contributed by atoms with Crippen molar-refractivity contribution in [2.75, 3.05) is 13.1 Å². The van der Waals surface area contributed by atoms with Crippen LogP contribution in [0.2, 0.25) is 0 Å². The van der Waals surface area contributed by atoms with Gasteiger partial charge in [-0.15, -0.1) is 0 Å². The minimum absolute atomic E-state index is 0.639. The van der Waals surface area contributed by atoms with Gasteiger partial charge in [0, 0.05) is 0 Å². The molecule has 110 valence electrons. The molecule has 1 unspecified atom stereocenters. The quantitative estimate of drug-likeness (QED) is 0.663. The van der Waals surface area contributed by atoms with E-state index in [1.165, 1.54) is 58.0 Å². The van der Waals surface area contributed by atoms with Crippen LogP contribution in [0, 0.1) is 23.3 Å². The van der Waals surface area contributed by atoms with Gasteiger partial charge in [0.15, 0.2) is 0 Å². The Hall–Kier alpha value is -0.0400. The zero-order chi connectivity index (χ0) is 13.9. The summed E-state index contributed by atoms with van der Waals surface area (Å²) in [6.45, 7) is 15.6. The van der Waals surface area contributed by atoms with Gasteiger partial charge in [0.25, 0.3) is 0 Å². The Morgan fingerprint density at radius 2 is 1.63 bits per heavy atom. The fourth-order valence-electron chi connectivity index (χ4n) is 5.65. The largest absolute Gasteiger partial charge is 0.294 e. The molecule has 1 atom stereocenters. The van der Waals surface area contributed by atoms with Gasteiger partial charge in [-0.1, -0.05) is 34.1 Å². The van der Waals surface area contributed by atoms with Gasteiger partial charge in [0.1, 0.15) is 0 Å². The molecule has 0 aromatic rings. The lowest BCUT2D eigenvalue weighted by molar-refractivity contribution is -0.0271. The Morgan fingerprint density at radius 3 is 2.11 bits per heavy atom. The fraction of sp³-hybridized carbons (Fsp3) is 0.944. The van der Waals surface area contributed by atoms with Gasteiger partial charge in [0.2, 0.25) is 0 Å². The van der Waals surface area contributed by atoms with Crippen molar-refractivity contribution < 1.29 is 0 Å². The minimum atomic E-state index is 0.639. The Kier molecular flexibility index (Phi) is 4.98. The Morgan fingerprint density at radius 1 is 1.00 bits per heavy atom. The predicted molar refractivity (Wildman–Crippen MR) is 82.8 cm³/mol. The van der Waals surface area contributed by atoms with Gasteiger partial charge in [-0.3, -0.25) is 4.90 Å². The monoisotopic (exact) mass is 263 g/mol. The summed E-state index contributed by atoms with van der Waals surface area (Å²) in [5.74, 6) is 0.980. The highest BCUT2D eigenvalue weighted by Crippen LogP contribution is 2.65. The van der Waals surface area contributed by atoms with Crippen LogP contribution in [0.4, 0.5) is 0 Å². The number of hydrogen-bond acceptors (Lipinski definition) is 1. The van der Waals surface area contributed by atoms with E-state index in [2.05, 4.69) is 39.1 Å². The van der Waals surface area contributed by atoms with Crippen molar-refractivity contribution in [3.63, 3.8) is 0 Å². The van der Waals surface area contributed by atoms with E-state index >= 15 is 0 Å². The van der Waals surface area contributed by atoms with E-state index in [-0.39, 0.29) is 0 Å². The van der Waals surface area contributed by atoms with Crippen LogP contribution >= 0.6 is 0 Å². The van der Waals surface area contributed by atoms with Gasteiger partial charge in [0.05, 0.1) is 6.54 Å². The summed E-state index contributed by atoms with van der Waals surface area (Å²) in [4.78, 5) is 2.46. The molecule has 1 nitrogen and oxygen atoms in total. The van der Waals surface area contributed by atoms with E-state index in [1.54, 1.807) is 0 Å². The molecule has 2 aliphatic rings. The van der Waals surface area contributed by atoms with E-state index in [0.717, 1.165) is 12.3 Å². The SMILES string of the molecule is CC[C]N1CCC2(CCC(CC)C2(CC)CC)CC1. The lowest BCUT2D eigenvalue weighted by Crippen LogP contribution is -2.48. The molecule has 1 spiro atoms. The van der Waals surface area contributed by atoms with Crippen molar-refractivity contribution in [2.24, 2.45) is 16.7 Å². The van der Waals surface area contributed by atoms with Crippen molar-refractivity contribution >= 4 is 0 Å². The van der Waals surface area contributed by atoms with Gasteiger partial charge < -0.3 is 0 Å².